The number of hydrogen-bond donors (Lipinski definition) is 1. The summed E-state index contributed by atoms with van der Waals surface area (Å²) in [4.78, 5) is 45.2. The van der Waals surface area contributed by atoms with E-state index < -0.39 is 6.10 Å². The van der Waals surface area contributed by atoms with Gasteiger partial charge in [0.25, 0.3) is 17.0 Å². The van der Waals surface area contributed by atoms with Gasteiger partial charge in [0.15, 0.2) is 0 Å². The number of aromatic nitrogens is 3. The lowest BCUT2D eigenvalue weighted by atomic mass is 10.1. The van der Waals surface area contributed by atoms with Gasteiger partial charge in [-0.1, -0.05) is 0 Å². The van der Waals surface area contributed by atoms with Crippen molar-refractivity contribution in [2.45, 2.75) is 20.0 Å². The fraction of sp³-hybridized carbons (Fsp3) is 0.412. The molecule has 2 aromatic heterocycles. The van der Waals surface area contributed by atoms with E-state index >= 15 is 0 Å². The number of aryl methyl sites for hydroxylation is 2. The van der Waals surface area contributed by atoms with Gasteiger partial charge in [0.1, 0.15) is 17.5 Å². The first-order valence-corrected chi connectivity index (χ1v) is 8.02. The van der Waals surface area contributed by atoms with E-state index in [2.05, 4.69) is 9.97 Å². The summed E-state index contributed by atoms with van der Waals surface area (Å²) in [5.74, 6) is 0.150. The standard InChI is InChI=1S/C17H20N4O4/c1-10-4-5-12(16(23)20(10)3)17(24)21-6-7-25-14(9-21)13-8-15(22)19-11(2)18-13/h4-5,8,14H,6-7,9H2,1-3H3,(H,18,19,22). The number of hydrogen-bond acceptors (Lipinski definition) is 5. The number of carbonyl (C=O) groups excluding carboxylic acids is 1. The second-order valence-electron chi connectivity index (χ2n) is 6.12. The number of morpholine rings is 1. The second kappa shape index (κ2) is 6.64. The van der Waals surface area contributed by atoms with Crippen LogP contribution in [0.5, 0.6) is 0 Å². The minimum Gasteiger partial charge on any atom is -0.368 e. The van der Waals surface area contributed by atoms with Gasteiger partial charge < -0.3 is 19.2 Å². The van der Waals surface area contributed by atoms with Crippen LogP contribution in [0.15, 0.2) is 27.8 Å². The monoisotopic (exact) mass is 344 g/mol. The molecule has 0 aliphatic carbocycles. The molecule has 8 nitrogen and oxygen atoms in total. The highest BCUT2D eigenvalue weighted by atomic mass is 16.5. The maximum atomic E-state index is 12.8. The van der Waals surface area contributed by atoms with E-state index in [1.54, 1.807) is 37.9 Å². The lowest BCUT2D eigenvalue weighted by molar-refractivity contribution is -0.0249. The molecule has 3 rings (SSSR count). The predicted octanol–water partition coefficient (Wildman–Crippen LogP) is 0.299. The van der Waals surface area contributed by atoms with Crippen molar-refractivity contribution >= 4 is 5.91 Å². The van der Waals surface area contributed by atoms with Gasteiger partial charge in [-0.05, 0) is 26.0 Å². The number of ether oxygens (including phenoxy) is 1. The third-order valence-electron chi connectivity index (χ3n) is 4.35. The molecule has 1 fully saturated rings. The Morgan fingerprint density at radius 1 is 1.32 bits per heavy atom. The number of rotatable bonds is 2. The Labute approximate surface area is 144 Å². The van der Waals surface area contributed by atoms with Gasteiger partial charge in [0.05, 0.1) is 18.8 Å². The summed E-state index contributed by atoms with van der Waals surface area (Å²) in [5, 5.41) is 0. The van der Waals surface area contributed by atoms with Gasteiger partial charge in [0, 0.05) is 25.4 Å². The molecule has 1 aliphatic heterocycles. The topological polar surface area (TPSA) is 97.3 Å². The van der Waals surface area contributed by atoms with Gasteiger partial charge in [-0.15, -0.1) is 0 Å². The summed E-state index contributed by atoms with van der Waals surface area (Å²) in [7, 11) is 1.64. The van der Waals surface area contributed by atoms with Crippen molar-refractivity contribution in [1.82, 2.24) is 19.4 Å². The average Bonchev–Trinajstić information content (AvgIpc) is 2.58. The number of amides is 1. The van der Waals surface area contributed by atoms with Crippen LogP contribution in [-0.4, -0.2) is 45.0 Å². The second-order valence-corrected chi connectivity index (χ2v) is 6.12. The zero-order valence-corrected chi connectivity index (χ0v) is 14.4. The van der Waals surface area contributed by atoms with Crippen LogP contribution >= 0.6 is 0 Å². The Kier molecular flexibility index (Phi) is 4.54. The molecule has 8 heteroatoms. The number of H-pyrrole nitrogens is 1. The highest BCUT2D eigenvalue weighted by Crippen LogP contribution is 2.20. The van der Waals surface area contributed by atoms with Crippen LogP contribution in [0.25, 0.3) is 0 Å². The summed E-state index contributed by atoms with van der Waals surface area (Å²) < 4.78 is 7.12. The smallest absolute Gasteiger partial charge is 0.263 e. The van der Waals surface area contributed by atoms with Gasteiger partial charge in [-0.25, -0.2) is 4.98 Å². The molecule has 1 atom stereocenters. The molecule has 1 N–H and O–H groups in total. The summed E-state index contributed by atoms with van der Waals surface area (Å²) in [6.45, 7) is 4.43. The third-order valence-corrected chi connectivity index (χ3v) is 4.35. The average molecular weight is 344 g/mol. The van der Waals surface area contributed by atoms with Crippen LogP contribution in [0.4, 0.5) is 0 Å². The van der Waals surface area contributed by atoms with E-state index in [1.807, 2.05) is 0 Å². The van der Waals surface area contributed by atoms with E-state index in [1.165, 1.54) is 10.6 Å². The minimum atomic E-state index is -0.493. The molecule has 0 bridgehead atoms. The molecule has 1 amide bonds. The molecule has 0 saturated carbocycles. The van der Waals surface area contributed by atoms with Crippen LogP contribution in [0.1, 0.15) is 33.7 Å². The van der Waals surface area contributed by atoms with Crippen molar-refractivity contribution in [3.05, 3.63) is 61.7 Å². The summed E-state index contributed by atoms with van der Waals surface area (Å²) in [6.07, 6.45) is -0.493. The molecule has 1 saturated heterocycles. The molecule has 132 valence electrons. The van der Waals surface area contributed by atoms with Crippen molar-refractivity contribution in [3.8, 4) is 0 Å². The Morgan fingerprint density at radius 2 is 2.08 bits per heavy atom. The Bertz CT molecular complexity index is 931. The zero-order chi connectivity index (χ0) is 18.1. The maximum Gasteiger partial charge on any atom is 0.263 e. The molecule has 1 aliphatic rings. The molecule has 3 heterocycles. The molecular weight excluding hydrogens is 324 g/mol. The first-order chi connectivity index (χ1) is 11.9. The fourth-order valence-corrected chi connectivity index (χ4v) is 2.84. The third kappa shape index (κ3) is 3.39. The van der Waals surface area contributed by atoms with Crippen molar-refractivity contribution in [2.24, 2.45) is 7.05 Å². The fourth-order valence-electron chi connectivity index (χ4n) is 2.84. The van der Waals surface area contributed by atoms with Crippen molar-refractivity contribution in [3.63, 3.8) is 0 Å². The van der Waals surface area contributed by atoms with Crippen LogP contribution in [-0.2, 0) is 11.8 Å². The van der Waals surface area contributed by atoms with E-state index in [4.69, 9.17) is 4.74 Å². The van der Waals surface area contributed by atoms with Gasteiger partial charge >= 0.3 is 0 Å². The van der Waals surface area contributed by atoms with Crippen LogP contribution in [0.3, 0.4) is 0 Å². The van der Waals surface area contributed by atoms with Gasteiger partial charge in [-0.2, -0.15) is 0 Å². The Balaban J connectivity index is 1.86. The van der Waals surface area contributed by atoms with Crippen molar-refractivity contribution in [2.75, 3.05) is 19.7 Å². The summed E-state index contributed by atoms with van der Waals surface area (Å²) in [6, 6.07) is 4.67. The first-order valence-electron chi connectivity index (χ1n) is 8.02. The van der Waals surface area contributed by atoms with Crippen LogP contribution in [0.2, 0.25) is 0 Å². The van der Waals surface area contributed by atoms with Gasteiger partial charge in [0.2, 0.25) is 0 Å². The number of pyridine rings is 1. The SMILES string of the molecule is Cc1nc(C2CN(C(=O)c3ccc(C)n(C)c3=O)CCO2)cc(=O)[nH]1. The molecule has 0 radical (unpaired) electrons. The predicted molar refractivity (Wildman–Crippen MR) is 90.6 cm³/mol. The summed E-state index contributed by atoms with van der Waals surface area (Å²) >= 11 is 0. The number of aromatic amines is 1. The molecule has 2 aromatic rings. The quantitative estimate of drug-likeness (QED) is 0.845. The molecule has 0 aromatic carbocycles. The molecule has 25 heavy (non-hydrogen) atoms. The van der Waals surface area contributed by atoms with E-state index in [9.17, 15) is 14.4 Å². The molecular formula is C17H20N4O4. The maximum absolute atomic E-state index is 12.8. The zero-order valence-electron chi connectivity index (χ0n) is 14.4. The van der Waals surface area contributed by atoms with Gasteiger partial charge in [-0.3, -0.25) is 14.4 Å². The lowest BCUT2D eigenvalue weighted by Gasteiger charge is -2.32. The Morgan fingerprint density at radius 3 is 2.80 bits per heavy atom. The Hall–Kier alpha value is -2.74. The normalized spacial score (nSPS) is 17.6. The summed E-state index contributed by atoms with van der Waals surface area (Å²) in [5.41, 5.74) is 0.809. The largest absolute Gasteiger partial charge is 0.368 e. The number of nitrogens with zero attached hydrogens (tertiary/aromatic N) is 3. The van der Waals surface area contributed by atoms with Crippen molar-refractivity contribution in [1.29, 1.82) is 0 Å². The highest BCUT2D eigenvalue weighted by molar-refractivity contribution is 5.94. The van der Waals surface area contributed by atoms with E-state index in [0.29, 0.717) is 24.7 Å². The molecule has 0 spiro atoms. The van der Waals surface area contributed by atoms with E-state index in [-0.39, 0.29) is 29.1 Å². The highest BCUT2D eigenvalue weighted by Gasteiger charge is 2.28. The molecule has 1 unspecified atom stereocenters. The van der Waals surface area contributed by atoms with Crippen LogP contribution < -0.4 is 11.1 Å². The minimum absolute atomic E-state index is 0.129. The number of carbonyl (C=O) groups is 1. The first kappa shape index (κ1) is 17.1. The van der Waals surface area contributed by atoms with Crippen molar-refractivity contribution < 1.29 is 9.53 Å². The lowest BCUT2D eigenvalue weighted by Crippen LogP contribution is -2.44. The number of nitrogens with one attached hydrogen (secondary N) is 1. The van der Waals surface area contributed by atoms with Crippen LogP contribution in [0, 0.1) is 13.8 Å². The van der Waals surface area contributed by atoms with E-state index in [0.717, 1.165) is 5.69 Å².